The Hall–Kier alpha value is -3.59. The summed E-state index contributed by atoms with van der Waals surface area (Å²) in [4.78, 5) is 19.3. The quantitative estimate of drug-likeness (QED) is 0.517. The van der Waals surface area contributed by atoms with E-state index in [1.54, 1.807) is 0 Å². The molecule has 0 radical (unpaired) electrons. The van der Waals surface area contributed by atoms with Gasteiger partial charge in [-0.05, 0) is 74.8 Å². The number of nitrogens with zero attached hydrogens (tertiary/aromatic N) is 4. The number of nitrogens with two attached hydrogens (primary N) is 1. The third kappa shape index (κ3) is 5.76. The Kier molecular flexibility index (Phi) is 6.86. The van der Waals surface area contributed by atoms with Crippen LogP contribution in [0.25, 0.3) is 0 Å². The number of amides is 1. The van der Waals surface area contributed by atoms with Crippen molar-refractivity contribution in [3.63, 3.8) is 0 Å². The molecule has 1 aliphatic heterocycles. The molecule has 168 valence electrons. The molecule has 2 heterocycles. The molecule has 0 atom stereocenters. The Morgan fingerprint density at radius 2 is 1.88 bits per heavy atom. The van der Waals surface area contributed by atoms with Crippen molar-refractivity contribution >= 4 is 29.3 Å². The summed E-state index contributed by atoms with van der Waals surface area (Å²) in [6.07, 6.45) is 3.88. The second-order valence-electron chi connectivity index (χ2n) is 7.91. The van der Waals surface area contributed by atoms with Crippen LogP contribution in [0.5, 0.6) is 5.75 Å². The number of likely N-dealkylation sites (tertiary alicyclic amines) is 1. The number of nitrogens with one attached hydrogen (secondary N) is 2. The summed E-state index contributed by atoms with van der Waals surface area (Å²) in [7, 11) is 0. The average molecular weight is 436 g/mol. The summed E-state index contributed by atoms with van der Waals surface area (Å²) in [5.74, 6) is 1.03. The number of anilines is 4. The van der Waals surface area contributed by atoms with Crippen molar-refractivity contribution in [2.24, 2.45) is 0 Å². The maximum atomic E-state index is 12.7. The third-order valence-corrected chi connectivity index (χ3v) is 5.32. The Morgan fingerprint density at radius 1 is 1.09 bits per heavy atom. The summed E-state index contributed by atoms with van der Waals surface area (Å²) in [6.45, 7) is 5.88. The van der Waals surface area contributed by atoms with Gasteiger partial charge in [-0.15, -0.1) is 9.78 Å². The number of carbonyl (C=O) groups excluding carboxylic acids is 1. The van der Waals surface area contributed by atoms with E-state index in [9.17, 15) is 4.79 Å². The topological polar surface area (TPSA) is 110 Å². The van der Waals surface area contributed by atoms with Crippen LogP contribution in [-0.2, 0) is 0 Å². The summed E-state index contributed by atoms with van der Waals surface area (Å²) >= 11 is 0. The first-order valence-electron chi connectivity index (χ1n) is 10.9. The minimum absolute atomic E-state index is 0.00422. The number of piperidine rings is 1. The first-order chi connectivity index (χ1) is 15.6. The van der Waals surface area contributed by atoms with Gasteiger partial charge >= 0.3 is 6.03 Å². The molecule has 2 aromatic carbocycles. The van der Waals surface area contributed by atoms with Gasteiger partial charge in [0.25, 0.3) is 0 Å². The fourth-order valence-corrected chi connectivity index (χ4v) is 3.69. The number of hydrogen-bond donors (Lipinski definition) is 3. The number of aromatic nitrogens is 3. The standard InChI is InChI=1S/C23H29N7O2/c1-17-6-5-7-19(16-17)26-23(31)30-22(27-21(24)28-30)25-18-8-10-20(11-9-18)32-15-14-29-12-3-2-4-13-29/h5-11,16H,2-4,12-15H2,1H3,(H,26,31)(H3,24,25,27,28). The van der Waals surface area contributed by atoms with Gasteiger partial charge in [-0.2, -0.15) is 4.98 Å². The van der Waals surface area contributed by atoms with Gasteiger partial charge in [0.05, 0.1) is 0 Å². The number of hydrogen-bond acceptors (Lipinski definition) is 7. The highest BCUT2D eigenvalue weighted by atomic mass is 16.5. The van der Waals surface area contributed by atoms with Crippen LogP contribution in [0.15, 0.2) is 48.5 Å². The van der Waals surface area contributed by atoms with E-state index < -0.39 is 6.03 Å². The van der Waals surface area contributed by atoms with Crippen molar-refractivity contribution in [2.45, 2.75) is 26.2 Å². The normalized spacial score (nSPS) is 14.2. The van der Waals surface area contributed by atoms with E-state index >= 15 is 0 Å². The molecule has 4 rings (SSSR count). The second kappa shape index (κ2) is 10.1. The predicted octanol–water partition coefficient (Wildman–Crippen LogP) is 3.86. The minimum atomic E-state index is -0.458. The minimum Gasteiger partial charge on any atom is -0.492 e. The monoisotopic (exact) mass is 435 g/mol. The van der Waals surface area contributed by atoms with Crippen LogP contribution in [0.4, 0.5) is 28.1 Å². The van der Waals surface area contributed by atoms with Crippen LogP contribution in [0.3, 0.4) is 0 Å². The molecule has 32 heavy (non-hydrogen) atoms. The molecular weight excluding hydrogens is 406 g/mol. The highest BCUT2D eigenvalue weighted by Crippen LogP contribution is 2.20. The van der Waals surface area contributed by atoms with Crippen LogP contribution in [0.1, 0.15) is 24.8 Å². The zero-order chi connectivity index (χ0) is 22.3. The van der Waals surface area contributed by atoms with Crippen molar-refractivity contribution in [3.05, 3.63) is 54.1 Å². The van der Waals surface area contributed by atoms with Crippen molar-refractivity contribution in [2.75, 3.05) is 42.6 Å². The zero-order valence-corrected chi connectivity index (χ0v) is 18.3. The van der Waals surface area contributed by atoms with Gasteiger partial charge in [-0.3, -0.25) is 4.90 Å². The smallest absolute Gasteiger partial charge is 0.349 e. The molecule has 0 aliphatic carbocycles. The molecule has 0 saturated carbocycles. The Bertz CT molecular complexity index is 1040. The van der Waals surface area contributed by atoms with Crippen molar-refractivity contribution in [3.8, 4) is 5.75 Å². The number of rotatable bonds is 7. The lowest BCUT2D eigenvalue weighted by atomic mass is 10.1. The molecule has 0 unspecified atom stereocenters. The Balaban J connectivity index is 1.35. The number of carbonyl (C=O) groups is 1. The number of ether oxygens (including phenoxy) is 1. The Labute approximate surface area is 187 Å². The molecule has 0 bridgehead atoms. The number of nitrogen functional groups attached to an aromatic ring is 1. The first-order valence-corrected chi connectivity index (χ1v) is 10.9. The van der Waals surface area contributed by atoms with Crippen LogP contribution < -0.4 is 21.1 Å². The molecule has 1 amide bonds. The molecule has 9 nitrogen and oxygen atoms in total. The number of aryl methyl sites for hydroxylation is 1. The van der Waals surface area contributed by atoms with Crippen molar-refractivity contribution in [1.82, 2.24) is 19.7 Å². The van der Waals surface area contributed by atoms with Crippen LogP contribution in [-0.4, -0.2) is 51.9 Å². The highest BCUT2D eigenvalue weighted by Gasteiger charge is 2.16. The molecule has 0 spiro atoms. The average Bonchev–Trinajstić information content (AvgIpc) is 3.16. The summed E-state index contributed by atoms with van der Waals surface area (Å²) in [5.41, 5.74) is 8.19. The summed E-state index contributed by atoms with van der Waals surface area (Å²) in [6, 6.07) is 14.5. The summed E-state index contributed by atoms with van der Waals surface area (Å²) < 4.78 is 6.98. The fourth-order valence-electron chi connectivity index (χ4n) is 3.69. The highest BCUT2D eigenvalue weighted by molar-refractivity contribution is 5.92. The van der Waals surface area contributed by atoms with Gasteiger partial charge in [-0.1, -0.05) is 18.6 Å². The third-order valence-electron chi connectivity index (χ3n) is 5.32. The van der Waals surface area contributed by atoms with Gasteiger partial charge in [-0.25, -0.2) is 4.79 Å². The van der Waals surface area contributed by atoms with Gasteiger partial charge < -0.3 is 21.1 Å². The molecule has 1 fully saturated rings. The lowest BCUT2D eigenvalue weighted by Gasteiger charge is -2.26. The lowest BCUT2D eigenvalue weighted by Crippen LogP contribution is -2.33. The second-order valence-corrected chi connectivity index (χ2v) is 7.91. The van der Waals surface area contributed by atoms with Crippen LogP contribution in [0, 0.1) is 6.92 Å². The molecule has 1 aromatic heterocycles. The first kappa shape index (κ1) is 21.6. The van der Waals surface area contributed by atoms with Crippen molar-refractivity contribution in [1.29, 1.82) is 0 Å². The van der Waals surface area contributed by atoms with E-state index in [2.05, 4.69) is 25.6 Å². The SMILES string of the molecule is Cc1cccc(NC(=O)n2nc(N)nc2Nc2ccc(OCCN3CCCCC3)cc2)c1. The zero-order valence-electron chi connectivity index (χ0n) is 18.3. The molecule has 1 saturated heterocycles. The van der Waals surface area contributed by atoms with Crippen molar-refractivity contribution < 1.29 is 9.53 Å². The fraction of sp³-hybridized carbons (Fsp3) is 0.348. The van der Waals surface area contributed by atoms with E-state index in [1.165, 1.54) is 19.3 Å². The number of benzene rings is 2. The van der Waals surface area contributed by atoms with Gasteiger partial charge in [0, 0.05) is 17.9 Å². The molecular formula is C23H29N7O2. The van der Waals surface area contributed by atoms with Gasteiger partial charge in [0.15, 0.2) is 0 Å². The van der Waals surface area contributed by atoms with E-state index in [0.717, 1.165) is 41.3 Å². The lowest BCUT2D eigenvalue weighted by molar-refractivity contribution is 0.183. The largest absolute Gasteiger partial charge is 0.492 e. The van der Waals surface area contributed by atoms with E-state index in [4.69, 9.17) is 10.5 Å². The van der Waals surface area contributed by atoms with E-state index in [1.807, 2.05) is 55.5 Å². The van der Waals surface area contributed by atoms with E-state index in [0.29, 0.717) is 12.3 Å². The summed E-state index contributed by atoms with van der Waals surface area (Å²) in [5, 5.41) is 9.90. The van der Waals surface area contributed by atoms with E-state index in [-0.39, 0.29) is 11.9 Å². The molecule has 9 heteroatoms. The maximum Gasteiger partial charge on any atom is 0.349 e. The van der Waals surface area contributed by atoms with Crippen LogP contribution >= 0.6 is 0 Å². The molecule has 3 aromatic rings. The molecule has 1 aliphatic rings. The Morgan fingerprint density at radius 3 is 2.62 bits per heavy atom. The molecule has 4 N–H and O–H groups in total. The van der Waals surface area contributed by atoms with Crippen LogP contribution in [0.2, 0.25) is 0 Å². The predicted molar refractivity (Wildman–Crippen MR) is 126 cm³/mol. The maximum absolute atomic E-state index is 12.7. The van der Waals surface area contributed by atoms with Gasteiger partial charge in [0.2, 0.25) is 11.9 Å². The van der Waals surface area contributed by atoms with Gasteiger partial charge in [0.1, 0.15) is 12.4 Å².